The van der Waals surface area contributed by atoms with Crippen molar-refractivity contribution >= 4 is 28.9 Å². The third kappa shape index (κ3) is 3.33. The van der Waals surface area contributed by atoms with Gasteiger partial charge in [0, 0.05) is 22.7 Å². The highest BCUT2D eigenvalue weighted by Crippen LogP contribution is 2.53. The minimum Gasteiger partial charge on any atom is -0.377 e. The van der Waals surface area contributed by atoms with Gasteiger partial charge in [0.25, 0.3) is 0 Å². The Hall–Kier alpha value is -2.34. The fourth-order valence-corrected chi connectivity index (χ4v) is 4.71. The van der Waals surface area contributed by atoms with Gasteiger partial charge in [-0.15, -0.1) is 0 Å². The van der Waals surface area contributed by atoms with Crippen LogP contribution in [0.25, 0.3) is 0 Å². The summed E-state index contributed by atoms with van der Waals surface area (Å²) in [6.07, 6.45) is -1.57. The average Bonchev–Trinajstić information content (AvgIpc) is 2.79. The van der Waals surface area contributed by atoms with Crippen LogP contribution in [0.2, 0.25) is 5.02 Å². The Bertz CT molecular complexity index is 988. The van der Waals surface area contributed by atoms with Gasteiger partial charge < -0.3 is 5.32 Å². The molecule has 2 aromatic rings. The second-order valence-electron chi connectivity index (χ2n) is 7.67. The lowest BCUT2D eigenvalue weighted by molar-refractivity contribution is -0.137. The maximum Gasteiger partial charge on any atom is 0.416 e. The number of benzene rings is 2. The van der Waals surface area contributed by atoms with E-state index >= 15 is 0 Å². The van der Waals surface area contributed by atoms with E-state index in [0.717, 1.165) is 18.6 Å². The third-order valence-corrected chi connectivity index (χ3v) is 6.18. The molecule has 0 heterocycles. The summed E-state index contributed by atoms with van der Waals surface area (Å²) in [5, 5.41) is 3.48. The van der Waals surface area contributed by atoms with Crippen molar-refractivity contribution in [1.29, 1.82) is 0 Å². The summed E-state index contributed by atoms with van der Waals surface area (Å²) in [7, 11) is 0. The van der Waals surface area contributed by atoms with Gasteiger partial charge in [0.1, 0.15) is 11.2 Å². The van der Waals surface area contributed by atoms with E-state index in [1.807, 2.05) is 0 Å². The predicted octanol–water partition coefficient (Wildman–Crippen LogP) is 6.23. The van der Waals surface area contributed by atoms with Crippen LogP contribution < -0.4 is 5.32 Å². The van der Waals surface area contributed by atoms with E-state index in [2.05, 4.69) is 5.32 Å². The lowest BCUT2D eigenvalue weighted by atomic mass is 9.72. The van der Waals surface area contributed by atoms with Gasteiger partial charge in [0.05, 0.1) is 11.6 Å². The van der Waals surface area contributed by atoms with Crippen LogP contribution in [0.3, 0.4) is 0 Å². The first-order chi connectivity index (χ1) is 13.7. The van der Waals surface area contributed by atoms with Gasteiger partial charge in [-0.3, -0.25) is 9.59 Å². The van der Waals surface area contributed by atoms with Crippen LogP contribution in [0.15, 0.2) is 42.5 Å². The highest BCUT2D eigenvalue weighted by atomic mass is 35.5. The highest BCUT2D eigenvalue weighted by molar-refractivity contribution is 6.31. The Morgan fingerprint density at radius 2 is 1.83 bits per heavy atom. The molecule has 0 bridgehead atoms. The molecule has 2 atom stereocenters. The number of halogens is 4. The smallest absolute Gasteiger partial charge is 0.377 e. The molecule has 7 heteroatoms. The molecule has 0 amide bonds. The van der Waals surface area contributed by atoms with Gasteiger partial charge in [-0.2, -0.15) is 13.2 Å². The molecular weight excluding hydrogens is 403 g/mol. The summed E-state index contributed by atoms with van der Waals surface area (Å²) >= 11 is 6.08. The summed E-state index contributed by atoms with van der Waals surface area (Å²) in [5.41, 5.74) is -0.900. The number of Topliss-reactive ketones (excluding diaryl/α,β-unsaturated/α-hetero) is 2. The summed E-state index contributed by atoms with van der Waals surface area (Å²) < 4.78 is 39.4. The summed E-state index contributed by atoms with van der Waals surface area (Å²) in [6.45, 7) is 0. The van der Waals surface area contributed by atoms with E-state index in [1.165, 1.54) is 12.1 Å². The fraction of sp³-hybridized carbons (Fsp3) is 0.364. The molecule has 2 aliphatic rings. The average molecular weight is 422 g/mol. The number of alkyl halides is 3. The number of fused-ring (bicyclic) bond motifs is 1. The van der Waals surface area contributed by atoms with Crippen LogP contribution in [0.5, 0.6) is 0 Å². The molecule has 4 rings (SSSR count). The maximum absolute atomic E-state index is 13.4. The molecule has 0 radical (unpaired) electrons. The normalized spacial score (nSPS) is 24.5. The van der Waals surface area contributed by atoms with Gasteiger partial charge in [-0.25, -0.2) is 0 Å². The van der Waals surface area contributed by atoms with Crippen molar-refractivity contribution in [3.63, 3.8) is 0 Å². The number of anilines is 1. The topological polar surface area (TPSA) is 46.2 Å². The van der Waals surface area contributed by atoms with Gasteiger partial charge in [-0.1, -0.05) is 36.6 Å². The van der Waals surface area contributed by atoms with Crippen molar-refractivity contribution < 1.29 is 22.8 Å². The molecular formula is C22H19ClF3NO2. The molecule has 1 N–H and O–H groups in total. The largest absolute Gasteiger partial charge is 0.416 e. The van der Waals surface area contributed by atoms with Crippen LogP contribution in [-0.2, 0) is 11.0 Å². The predicted molar refractivity (Wildman–Crippen MR) is 104 cm³/mol. The SMILES string of the molecule is O=C1CCCCC[C@@]12C(=O)c1cc(Cl)ccc1[C@H]2Nc1cccc(C(F)(F)F)c1. The minimum absolute atomic E-state index is 0.156. The lowest BCUT2D eigenvalue weighted by Gasteiger charge is -2.33. The molecule has 0 aromatic heterocycles. The number of ketones is 2. The molecule has 2 aromatic carbocycles. The Kier molecular flexibility index (Phi) is 4.93. The van der Waals surface area contributed by atoms with Gasteiger partial charge in [0.2, 0.25) is 0 Å². The first-order valence-corrected chi connectivity index (χ1v) is 9.92. The molecule has 1 spiro atoms. The Balaban J connectivity index is 1.82. The summed E-state index contributed by atoms with van der Waals surface area (Å²) in [6, 6.07) is 8.97. The van der Waals surface area contributed by atoms with E-state index < -0.39 is 23.2 Å². The Morgan fingerprint density at radius 3 is 2.59 bits per heavy atom. The standard InChI is InChI=1S/C22H19ClF3NO2/c23-14-8-9-16-17(12-14)20(29)21(10-3-1-2-7-18(21)28)19(16)27-15-6-4-5-13(11-15)22(24,25)26/h4-6,8-9,11-12,19,27H,1-3,7,10H2/t19-,21-/m1/s1. The Labute approximate surface area is 171 Å². The molecule has 1 saturated carbocycles. The van der Waals surface area contributed by atoms with Crippen molar-refractivity contribution in [2.24, 2.45) is 5.41 Å². The molecule has 152 valence electrons. The number of nitrogens with one attached hydrogen (secondary N) is 1. The van der Waals surface area contributed by atoms with Crippen molar-refractivity contribution in [1.82, 2.24) is 0 Å². The zero-order chi connectivity index (χ0) is 20.8. The van der Waals surface area contributed by atoms with Crippen molar-refractivity contribution in [3.8, 4) is 0 Å². The molecule has 2 aliphatic carbocycles. The Morgan fingerprint density at radius 1 is 1.03 bits per heavy atom. The highest BCUT2D eigenvalue weighted by Gasteiger charge is 2.57. The maximum atomic E-state index is 13.4. The second-order valence-corrected chi connectivity index (χ2v) is 8.11. The molecule has 29 heavy (non-hydrogen) atoms. The van der Waals surface area contributed by atoms with Crippen LogP contribution in [0.1, 0.15) is 59.6 Å². The number of carbonyl (C=O) groups excluding carboxylic acids is 2. The monoisotopic (exact) mass is 421 g/mol. The summed E-state index contributed by atoms with van der Waals surface area (Å²) in [4.78, 5) is 26.6. The van der Waals surface area contributed by atoms with E-state index in [1.54, 1.807) is 18.2 Å². The molecule has 0 unspecified atom stereocenters. The van der Waals surface area contributed by atoms with Crippen molar-refractivity contribution in [2.45, 2.75) is 44.3 Å². The van der Waals surface area contributed by atoms with Crippen LogP contribution in [0, 0.1) is 5.41 Å². The van der Waals surface area contributed by atoms with Gasteiger partial charge in [-0.05, 0) is 48.7 Å². The van der Waals surface area contributed by atoms with E-state index in [-0.39, 0.29) is 23.7 Å². The van der Waals surface area contributed by atoms with Crippen LogP contribution in [-0.4, -0.2) is 11.6 Å². The minimum atomic E-state index is -4.48. The van der Waals surface area contributed by atoms with Crippen LogP contribution in [0.4, 0.5) is 18.9 Å². The van der Waals surface area contributed by atoms with E-state index in [9.17, 15) is 22.8 Å². The summed E-state index contributed by atoms with van der Waals surface area (Å²) in [5.74, 6) is -0.442. The molecule has 0 aliphatic heterocycles. The second kappa shape index (κ2) is 7.17. The van der Waals surface area contributed by atoms with E-state index in [4.69, 9.17) is 11.6 Å². The first-order valence-electron chi connectivity index (χ1n) is 9.55. The number of hydrogen-bond acceptors (Lipinski definition) is 3. The molecule has 3 nitrogen and oxygen atoms in total. The van der Waals surface area contributed by atoms with Crippen LogP contribution >= 0.6 is 11.6 Å². The zero-order valence-electron chi connectivity index (χ0n) is 15.5. The third-order valence-electron chi connectivity index (χ3n) is 5.94. The number of carbonyl (C=O) groups is 2. The zero-order valence-corrected chi connectivity index (χ0v) is 16.2. The molecule has 1 fully saturated rings. The van der Waals surface area contributed by atoms with E-state index in [0.29, 0.717) is 35.4 Å². The van der Waals surface area contributed by atoms with Crippen molar-refractivity contribution in [3.05, 3.63) is 64.2 Å². The number of rotatable bonds is 2. The number of hydrogen-bond donors (Lipinski definition) is 1. The van der Waals surface area contributed by atoms with Gasteiger partial charge >= 0.3 is 6.18 Å². The fourth-order valence-electron chi connectivity index (χ4n) is 4.54. The quantitative estimate of drug-likeness (QED) is 0.585. The lowest BCUT2D eigenvalue weighted by Crippen LogP contribution is -2.42. The van der Waals surface area contributed by atoms with Gasteiger partial charge in [0.15, 0.2) is 5.78 Å². The first kappa shape index (κ1) is 20.0. The molecule has 0 saturated heterocycles. The van der Waals surface area contributed by atoms with Crippen molar-refractivity contribution in [2.75, 3.05) is 5.32 Å².